The Morgan fingerprint density at radius 2 is 1.82 bits per heavy atom. The summed E-state index contributed by atoms with van der Waals surface area (Å²) in [7, 11) is 1.79. The molecule has 9 heteroatoms. The number of fused-ring (bicyclic) bond motifs is 1. The zero-order valence-corrected chi connectivity index (χ0v) is 19.6. The van der Waals surface area contributed by atoms with Crippen molar-refractivity contribution in [2.75, 3.05) is 17.7 Å². The van der Waals surface area contributed by atoms with Crippen molar-refractivity contribution in [2.24, 2.45) is 0 Å². The molecule has 34 heavy (non-hydrogen) atoms. The highest BCUT2D eigenvalue weighted by Gasteiger charge is 2.22. The first-order valence-corrected chi connectivity index (χ1v) is 11.6. The Labute approximate surface area is 198 Å². The minimum Gasteiger partial charge on any atom is -0.488 e. The van der Waals surface area contributed by atoms with Gasteiger partial charge in [0.2, 0.25) is 5.95 Å². The van der Waals surface area contributed by atoms with Crippen LogP contribution in [-0.4, -0.2) is 48.9 Å². The van der Waals surface area contributed by atoms with Gasteiger partial charge in [-0.05, 0) is 63.3 Å². The molecule has 0 bridgehead atoms. The van der Waals surface area contributed by atoms with Gasteiger partial charge in [-0.3, -0.25) is 4.98 Å². The van der Waals surface area contributed by atoms with Crippen LogP contribution in [0.4, 0.5) is 17.6 Å². The molecule has 0 unspecified atom stereocenters. The fraction of sp³-hybridized carbons (Fsp3) is 0.360. The lowest BCUT2D eigenvalue weighted by Gasteiger charge is -2.27. The van der Waals surface area contributed by atoms with Crippen LogP contribution in [0.25, 0.3) is 16.6 Å². The summed E-state index contributed by atoms with van der Waals surface area (Å²) in [5, 5.41) is 20.7. The van der Waals surface area contributed by atoms with Crippen LogP contribution in [0, 0.1) is 13.8 Å². The van der Waals surface area contributed by atoms with Crippen LogP contribution >= 0.6 is 0 Å². The second-order valence-corrected chi connectivity index (χ2v) is 8.78. The van der Waals surface area contributed by atoms with E-state index in [1.54, 1.807) is 13.2 Å². The van der Waals surface area contributed by atoms with E-state index in [1.807, 2.05) is 42.8 Å². The summed E-state index contributed by atoms with van der Waals surface area (Å²) >= 11 is 0. The van der Waals surface area contributed by atoms with Gasteiger partial charge < -0.3 is 20.5 Å². The molecule has 4 aromatic heterocycles. The number of ether oxygens (including phenoxy) is 1. The summed E-state index contributed by atoms with van der Waals surface area (Å²) in [6.45, 7) is 3.90. The number of aromatic nitrogens is 5. The zero-order valence-electron chi connectivity index (χ0n) is 19.6. The van der Waals surface area contributed by atoms with Crippen molar-refractivity contribution in [3.63, 3.8) is 0 Å². The van der Waals surface area contributed by atoms with Gasteiger partial charge in [0.15, 0.2) is 5.82 Å². The molecule has 0 radical (unpaired) electrons. The summed E-state index contributed by atoms with van der Waals surface area (Å²) in [5.41, 5.74) is 4.77. The van der Waals surface area contributed by atoms with Gasteiger partial charge in [0.25, 0.3) is 0 Å². The molecular weight excluding hydrogens is 430 g/mol. The molecule has 5 rings (SSSR count). The molecule has 1 fully saturated rings. The predicted molar refractivity (Wildman–Crippen MR) is 132 cm³/mol. The SMILES string of the molecule is CNc1nc(C)cc(Nc2cc3cc(-c4cc(C)ncc4O[C@H]4CC[C@H](O)CC4)ccn3n2)n1. The minimum absolute atomic E-state index is 0.0972. The van der Waals surface area contributed by atoms with Crippen molar-refractivity contribution in [1.29, 1.82) is 0 Å². The Bertz CT molecular complexity index is 1310. The Morgan fingerprint density at radius 1 is 1.00 bits per heavy atom. The van der Waals surface area contributed by atoms with E-state index in [0.717, 1.165) is 59.5 Å². The van der Waals surface area contributed by atoms with Crippen LogP contribution in [-0.2, 0) is 0 Å². The fourth-order valence-corrected chi connectivity index (χ4v) is 4.31. The average Bonchev–Trinajstić information content (AvgIpc) is 3.22. The average molecular weight is 460 g/mol. The number of nitrogens with zero attached hydrogens (tertiary/aromatic N) is 5. The van der Waals surface area contributed by atoms with Gasteiger partial charge in [-0.25, -0.2) is 9.50 Å². The summed E-state index contributed by atoms with van der Waals surface area (Å²) < 4.78 is 8.17. The van der Waals surface area contributed by atoms with Crippen molar-refractivity contribution >= 4 is 23.1 Å². The van der Waals surface area contributed by atoms with Gasteiger partial charge in [-0.1, -0.05) is 0 Å². The first-order chi connectivity index (χ1) is 16.5. The second kappa shape index (κ2) is 9.26. The lowest BCUT2D eigenvalue weighted by molar-refractivity contribution is 0.0667. The van der Waals surface area contributed by atoms with E-state index in [2.05, 4.69) is 42.8 Å². The van der Waals surface area contributed by atoms with Crippen LogP contribution < -0.4 is 15.4 Å². The lowest BCUT2D eigenvalue weighted by Crippen LogP contribution is -2.26. The van der Waals surface area contributed by atoms with E-state index in [4.69, 9.17) is 4.74 Å². The van der Waals surface area contributed by atoms with Gasteiger partial charge in [-0.15, -0.1) is 0 Å². The molecule has 0 amide bonds. The van der Waals surface area contributed by atoms with E-state index >= 15 is 0 Å². The highest BCUT2D eigenvalue weighted by Crippen LogP contribution is 2.34. The maximum absolute atomic E-state index is 9.81. The third kappa shape index (κ3) is 4.79. The van der Waals surface area contributed by atoms with Gasteiger partial charge in [0.05, 0.1) is 23.9 Å². The smallest absolute Gasteiger partial charge is 0.224 e. The molecule has 176 valence electrons. The monoisotopic (exact) mass is 459 g/mol. The number of rotatable bonds is 6. The van der Waals surface area contributed by atoms with E-state index in [9.17, 15) is 5.11 Å². The minimum atomic E-state index is -0.210. The van der Waals surface area contributed by atoms with Crippen LogP contribution in [0.2, 0.25) is 0 Å². The van der Waals surface area contributed by atoms with E-state index in [1.165, 1.54) is 0 Å². The van der Waals surface area contributed by atoms with Crippen LogP contribution in [0.15, 0.2) is 42.7 Å². The summed E-state index contributed by atoms with van der Waals surface area (Å²) in [5.74, 6) is 2.70. The van der Waals surface area contributed by atoms with Gasteiger partial charge >= 0.3 is 0 Å². The maximum atomic E-state index is 9.81. The van der Waals surface area contributed by atoms with E-state index in [0.29, 0.717) is 17.6 Å². The fourth-order valence-electron chi connectivity index (χ4n) is 4.31. The van der Waals surface area contributed by atoms with Gasteiger partial charge in [-0.2, -0.15) is 10.1 Å². The molecular formula is C25H29N7O2. The molecule has 4 aromatic rings. The molecule has 0 aliphatic heterocycles. The number of aliphatic hydroxyl groups is 1. The molecule has 1 aliphatic rings. The Hall–Kier alpha value is -3.72. The van der Waals surface area contributed by atoms with Crippen molar-refractivity contribution in [3.8, 4) is 16.9 Å². The number of aliphatic hydroxyl groups excluding tert-OH is 1. The third-order valence-electron chi connectivity index (χ3n) is 6.05. The normalized spacial score (nSPS) is 18.1. The number of pyridine rings is 2. The van der Waals surface area contributed by atoms with Gasteiger partial charge in [0, 0.05) is 42.3 Å². The highest BCUT2D eigenvalue weighted by molar-refractivity contribution is 5.75. The predicted octanol–water partition coefficient (Wildman–Crippen LogP) is 4.27. The molecule has 1 aliphatic carbocycles. The Kier molecular flexibility index (Phi) is 6.02. The molecule has 1 saturated carbocycles. The standard InChI is InChI=1S/C25H29N7O2/c1-15-10-21(22(14-27-15)34-20-6-4-19(33)5-7-20)17-8-9-32-18(12-17)13-24(31-32)29-23-11-16(2)28-25(26-3)30-23/h8-14,19-20,33H,4-7H2,1-3H3,(H2,26,28,29,30,31)/t19-,20-. The van der Waals surface area contributed by atoms with Crippen molar-refractivity contribution in [1.82, 2.24) is 24.6 Å². The summed E-state index contributed by atoms with van der Waals surface area (Å²) in [6, 6.07) is 10.0. The Balaban J connectivity index is 1.42. The van der Waals surface area contributed by atoms with E-state index in [-0.39, 0.29) is 12.2 Å². The lowest BCUT2D eigenvalue weighted by atomic mass is 9.95. The summed E-state index contributed by atoms with van der Waals surface area (Å²) in [6.07, 6.45) is 6.89. The topological polar surface area (TPSA) is 109 Å². The van der Waals surface area contributed by atoms with Crippen molar-refractivity contribution in [3.05, 3.63) is 54.1 Å². The van der Waals surface area contributed by atoms with Crippen molar-refractivity contribution < 1.29 is 9.84 Å². The van der Waals surface area contributed by atoms with Crippen LogP contribution in [0.5, 0.6) is 5.75 Å². The third-order valence-corrected chi connectivity index (χ3v) is 6.05. The molecule has 3 N–H and O–H groups in total. The van der Waals surface area contributed by atoms with Crippen LogP contribution in [0.1, 0.15) is 37.1 Å². The number of aryl methyl sites for hydroxylation is 2. The van der Waals surface area contributed by atoms with Crippen molar-refractivity contribution in [2.45, 2.75) is 51.7 Å². The van der Waals surface area contributed by atoms with Gasteiger partial charge in [0.1, 0.15) is 11.6 Å². The summed E-state index contributed by atoms with van der Waals surface area (Å²) in [4.78, 5) is 13.2. The van der Waals surface area contributed by atoms with Crippen LogP contribution in [0.3, 0.4) is 0 Å². The van der Waals surface area contributed by atoms with E-state index < -0.39 is 0 Å². The first-order valence-electron chi connectivity index (χ1n) is 11.6. The number of hydrogen-bond donors (Lipinski definition) is 3. The largest absolute Gasteiger partial charge is 0.488 e. The molecule has 0 saturated heterocycles. The Morgan fingerprint density at radius 3 is 2.62 bits per heavy atom. The molecule has 0 atom stereocenters. The first kappa shape index (κ1) is 22.1. The second-order valence-electron chi connectivity index (χ2n) is 8.78. The number of anilines is 3. The highest BCUT2D eigenvalue weighted by atomic mass is 16.5. The quantitative estimate of drug-likeness (QED) is 0.392. The molecule has 0 spiro atoms. The molecule has 4 heterocycles. The molecule has 9 nitrogen and oxygen atoms in total. The number of hydrogen-bond acceptors (Lipinski definition) is 8. The molecule has 0 aromatic carbocycles. The zero-order chi connectivity index (χ0) is 23.7. The number of nitrogens with one attached hydrogen (secondary N) is 2. The maximum Gasteiger partial charge on any atom is 0.224 e.